The van der Waals surface area contributed by atoms with Crippen molar-refractivity contribution in [1.82, 2.24) is 9.88 Å². The highest BCUT2D eigenvalue weighted by molar-refractivity contribution is 5.96. The monoisotopic (exact) mass is 340 g/mol. The van der Waals surface area contributed by atoms with E-state index in [1.165, 1.54) is 0 Å². The first-order valence-electron chi connectivity index (χ1n) is 8.44. The van der Waals surface area contributed by atoms with Crippen molar-refractivity contribution in [3.8, 4) is 17.2 Å². The summed E-state index contributed by atoms with van der Waals surface area (Å²) < 4.78 is 16.6. The number of nitrogens with zero attached hydrogens (tertiary/aromatic N) is 2. The predicted octanol–water partition coefficient (Wildman–Crippen LogP) is 2.67. The molecule has 1 amide bonds. The Labute approximate surface area is 146 Å². The van der Waals surface area contributed by atoms with Gasteiger partial charge in [0.1, 0.15) is 13.2 Å². The molecule has 0 atom stereocenters. The zero-order valence-electron chi connectivity index (χ0n) is 14.1. The fourth-order valence-electron chi connectivity index (χ4n) is 3.00. The molecular formula is C19H20N2O4. The van der Waals surface area contributed by atoms with E-state index in [0.29, 0.717) is 42.6 Å². The average molecular weight is 340 g/mol. The molecule has 0 spiro atoms. The molecule has 0 saturated heterocycles. The second-order valence-corrected chi connectivity index (χ2v) is 6.23. The predicted molar refractivity (Wildman–Crippen MR) is 91.1 cm³/mol. The Bertz CT molecular complexity index is 757. The number of methoxy groups -OCH3 is 1. The molecule has 1 saturated carbocycles. The van der Waals surface area contributed by atoms with Crippen molar-refractivity contribution in [1.29, 1.82) is 0 Å². The van der Waals surface area contributed by atoms with E-state index in [4.69, 9.17) is 14.2 Å². The lowest BCUT2D eigenvalue weighted by atomic mass is 10.1. The van der Waals surface area contributed by atoms with Gasteiger partial charge in [0.05, 0.1) is 7.11 Å². The average Bonchev–Trinajstić information content (AvgIpc) is 3.50. The van der Waals surface area contributed by atoms with Crippen molar-refractivity contribution >= 4 is 5.91 Å². The number of carbonyl (C=O) groups is 1. The maximum atomic E-state index is 13.1. The number of hydrogen-bond donors (Lipinski definition) is 0. The molecule has 0 N–H and O–H groups in total. The third-order valence-corrected chi connectivity index (χ3v) is 4.40. The van der Waals surface area contributed by atoms with Gasteiger partial charge in [-0.15, -0.1) is 0 Å². The minimum absolute atomic E-state index is 0.0263. The fraction of sp³-hybridized carbons (Fsp3) is 0.368. The third-order valence-electron chi connectivity index (χ3n) is 4.40. The molecule has 1 fully saturated rings. The molecule has 2 aliphatic rings. The molecule has 2 aromatic rings. The normalized spacial score (nSPS) is 15.6. The number of carbonyl (C=O) groups excluding carboxylic acids is 1. The fourth-order valence-corrected chi connectivity index (χ4v) is 3.00. The van der Waals surface area contributed by atoms with Gasteiger partial charge in [-0.25, -0.2) is 0 Å². The first-order chi connectivity index (χ1) is 12.3. The second kappa shape index (κ2) is 6.63. The van der Waals surface area contributed by atoms with Gasteiger partial charge in [0, 0.05) is 30.5 Å². The second-order valence-electron chi connectivity index (χ2n) is 6.23. The van der Waals surface area contributed by atoms with Gasteiger partial charge in [-0.1, -0.05) is 6.07 Å². The van der Waals surface area contributed by atoms with Gasteiger partial charge in [-0.05, 0) is 36.6 Å². The summed E-state index contributed by atoms with van der Waals surface area (Å²) in [7, 11) is 1.57. The number of hydrogen-bond acceptors (Lipinski definition) is 5. The minimum atomic E-state index is -0.0263. The van der Waals surface area contributed by atoms with Crippen molar-refractivity contribution in [3.05, 3.63) is 47.8 Å². The highest BCUT2D eigenvalue weighted by Crippen LogP contribution is 2.41. The highest BCUT2D eigenvalue weighted by Gasteiger charge is 2.34. The lowest BCUT2D eigenvalue weighted by Gasteiger charge is -2.25. The van der Waals surface area contributed by atoms with E-state index in [9.17, 15) is 4.79 Å². The van der Waals surface area contributed by atoms with Crippen LogP contribution in [0.4, 0.5) is 0 Å². The van der Waals surface area contributed by atoms with Crippen molar-refractivity contribution in [2.24, 2.45) is 0 Å². The molecule has 4 rings (SSSR count). The van der Waals surface area contributed by atoms with E-state index in [0.717, 1.165) is 18.4 Å². The minimum Gasteiger partial charge on any atom is -0.493 e. The summed E-state index contributed by atoms with van der Waals surface area (Å²) in [5.74, 6) is 1.63. The Hall–Kier alpha value is -2.76. The Balaban J connectivity index is 1.64. The molecule has 0 unspecified atom stereocenters. The molecule has 1 aliphatic heterocycles. The number of fused-ring (bicyclic) bond motifs is 1. The molecule has 1 aromatic carbocycles. The van der Waals surface area contributed by atoms with Crippen LogP contribution in [0, 0.1) is 0 Å². The Morgan fingerprint density at radius 2 is 2.16 bits per heavy atom. The van der Waals surface area contributed by atoms with Gasteiger partial charge >= 0.3 is 0 Å². The SMILES string of the molecule is COc1cc(C(=O)N(Cc2cccnc2)C2CC2)cc2c1OCCO2. The lowest BCUT2D eigenvalue weighted by molar-refractivity contribution is 0.0728. The highest BCUT2D eigenvalue weighted by atomic mass is 16.6. The Kier molecular flexibility index (Phi) is 4.17. The summed E-state index contributed by atoms with van der Waals surface area (Å²) in [6.45, 7) is 1.50. The molecule has 1 aliphatic carbocycles. The topological polar surface area (TPSA) is 60.9 Å². The number of pyridine rings is 1. The molecule has 6 nitrogen and oxygen atoms in total. The van der Waals surface area contributed by atoms with Gasteiger partial charge in [0.25, 0.3) is 5.91 Å². The molecule has 6 heteroatoms. The van der Waals surface area contributed by atoms with Crippen molar-refractivity contribution in [2.45, 2.75) is 25.4 Å². The van der Waals surface area contributed by atoms with Crippen molar-refractivity contribution in [3.63, 3.8) is 0 Å². The zero-order valence-corrected chi connectivity index (χ0v) is 14.1. The third kappa shape index (κ3) is 3.24. The zero-order chi connectivity index (χ0) is 17.2. The van der Waals surface area contributed by atoms with Crippen molar-refractivity contribution < 1.29 is 19.0 Å². The van der Waals surface area contributed by atoms with E-state index < -0.39 is 0 Å². The molecular weight excluding hydrogens is 320 g/mol. The molecule has 0 radical (unpaired) electrons. The first kappa shape index (κ1) is 15.7. The number of aromatic nitrogens is 1. The molecule has 25 heavy (non-hydrogen) atoms. The summed E-state index contributed by atoms with van der Waals surface area (Å²) in [5, 5.41) is 0. The van der Waals surface area contributed by atoms with E-state index in [2.05, 4.69) is 4.98 Å². The van der Waals surface area contributed by atoms with Crippen LogP contribution in [0.1, 0.15) is 28.8 Å². The van der Waals surface area contributed by atoms with Gasteiger partial charge in [0.2, 0.25) is 5.75 Å². The van der Waals surface area contributed by atoms with Crippen LogP contribution in [0.15, 0.2) is 36.7 Å². The van der Waals surface area contributed by atoms with Crippen LogP contribution in [0.2, 0.25) is 0 Å². The van der Waals surface area contributed by atoms with Crippen LogP contribution in [0.5, 0.6) is 17.2 Å². The summed E-state index contributed by atoms with van der Waals surface area (Å²) in [6.07, 6.45) is 5.60. The standard InChI is InChI=1S/C19H20N2O4/c1-23-16-9-14(10-17-18(16)25-8-7-24-17)19(22)21(15-4-5-15)12-13-3-2-6-20-11-13/h2-3,6,9-11,15H,4-5,7-8,12H2,1H3. The van der Waals surface area contributed by atoms with Gasteiger partial charge in [0.15, 0.2) is 11.5 Å². The van der Waals surface area contributed by atoms with Gasteiger partial charge in [-0.2, -0.15) is 0 Å². The molecule has 0 bridgehead atoms. The maximum absolute atomic E-state index is 13.1. The Morgan fingerprint density at radius 1 is 1.32 bits per heavy atom. The van der Waals surface area contributed by atoms with E-state index in [-0.39, 0.29) is 11.9 Å². The summed E-state index contributed by atoms with van der Waals surface area (Å²) in [5.41, 5.74) is 1.57. The summed E-state index contributed by atoms with van der Waals surface area (Å²) >= 11 is 0. The molecule has 2 heterocycles. The van der Waals surface area contributed by atoms with E-state index in [1.807, 2.05) is 17.0 Å². The first-order valence-corrected chi connectivity index (χ1v) is 8.44. The van der Waals surface area contributed by atoms with Crippen LogP contribution in [-0.2, 0) is 6.54 Å². The molecule has 1 aromatic heterocycles. The number of ether oxygens (including phenoxy) is 3. The van der Waals surface area contributed by atoms with Crippen molar-refractivity contribution in [2.75, 3.05) is 20.3 Å². The smallest absolute Gasteiger partial charge is 0.254 e. The largest absolute Gasteiger partial charge is 0.493 e. The Morgan fingerprint density at radius 3 is 2.88 bits per heavy atom. The quantitative estimate of drug-likeness (QED) is 0.837. The maximum Gasteiger partial charge on any atom is 0.254 e. The number of rotatable bonds is 5. The molecule has 130 valence electrons. The van der Waals surface area contributed by atoms with Crippen LogP contribution in [0.25, 0.3) is 0 Å². The van der Waals surface area contributed by atoms with Crippen LogP contribution in [0.3, 0.4) is 0 Å². The summed E-state index contributed by atoms with van der Waals surface area (Å²) in [4.78, 5) is 19.2. The lowest BCUT2D eigenvalue weighted by Crippen LogP contribution is -2.32. The summed E-state index contributed by atoms with van der Waals surface area (Å²) in [6, 6.07) is 7.64. The van der Waals surface area contributed by atoms with Crippen LogP contribution >= 0.6 is 0 Å². The number of amides is 1. The van der Waals surface area contributed by atoms with Crippen LogP contribution < -0.4 is 14.2 Å². The van der Waals surface area contributed by atoms with Gasteiger partial charge < -0.3 is 19.1 Å². The van der Waals surface area contributed by atoms with Crippen LogP contribution in [-0.4, -0.2) is 42.2 Å². The number of benzene rings is 1. The van der Waals surface area contributed by atoms with E-state index >= 15 is 0 Å². The van der Waals surface area contributed by atoms with E-state index in [1.54, 1.807) is 31.6 Å². The van der Waals surface area contributed by atoms with Gasteiger partial charge in [-0.3, -0.25) is 9.78 Å².